The van der Waals surface area contributed by atoms with Gasteiger partial charge in [0.2, 0.25) is 10.0 Å². The Bertz CT molecular complexity index is 839. The molecule has 0 spiro atoms. The zero-order chi connectivity index (χ0) is 17.7. The molecule has 0 unspecified atom stereocenters. The summed E-state index contributed by atoms with van der Waals surface area (Å²) in [5, 5.41) is 3.25. The number of aryl methyl sites for hydroxylation is 1. The highest BCUT2D eigenvalue weighted by Crippen LogP contribution is 2.19. The second kappa shape index (κ2) is 8.28. The second-order valence-electron chi connectivity index (χ2n) is 5.10. The quantitative estimate of drug-likeness (QED) is 0.495. The molecule has 2 N–H and O–H groups in total. The normalized spacial score (nSPS) is 11.3. The first-order valence-corrected chi connectivity index (χ1v) is 10.0. The number of nitrogens with one attached hydrogen (secondary N) is 2. The molecule has 24 heavy (non-hydrogen) atoms. The maximum Gasteiger partial charge on any atom is 0.251 e. The Morgan fingerprint density at radius 1 is 1.12 bits per heavy atom. The third-order valence-corrected chi connectivity index (χ3v) is 6.23. The van der Waals surface area contributed by atoms with E-state index in [-0.39, 0.29) is 23.9 Å². The minimum atomic E-state index is -3.57. The lowest BCUT2D eigenvalue weighted by Crippen LogP contribution is -2.34. The van der Waals surface area contributed by atoms with E-state index in [2.05, 4.69) is 10.0 Å². The SMILES string of the molecule is Cc1ccc(S(=O)(=O)NCCNC(=O)c2ccc(Cl)c(I)c2)cc1. The van der Waals surface area contributed by atoms with Gasteiger partial charge in [0.25, 0.3) is 5.91 Å². The monoisotopic (exact) mass is 478 g/mol. The van der Waals surface area contributed by atoms with Gasteiger partial charge in [0.1, 0.15) is 0 Å². The van der Waals surface area contributed by atoms with Gasteiger partial charge in [0.05, 0.1) is 9.92 Å². The van der Waals surface area contributed by atoms with Crippen LogP contribution >= 0.6 is 34.2 Å². The van der Waals surface area contributed by atoms with Gasteiger partial charge >= 0.3 is 0 Å². The number of carbonyl (C=O) groups is 1. The average molecular weight is 479 g/mol. The van der Waals surface area contributed by atoms with E-state index in [4.69, 9.17) is 11.6 Å². The molecular weight excluding hydrogens is 463 g/mol. The van der Waals surface area contributed by atoms with Crippen LogP contribution < -0.4 is 10.0 Å². The number of carbonyl (C=O) groups excluding carboxylic acids is 1. The van der Waals surface area contributed by atoms with Crippen LogP contribution in [0.5, 0.6) is 0 Å². The van der Waals surface area contributed by atoms with Crippen molar-refractivity contribution in [3.63, 3.8) is 0 Å². The van der Waals surface area contributed by atoms with Crippen LogP contribution in [0.3, 0.4) is 0 Å². The number of rotatable bonds is 6. The molecule has 0 saturated heterocycles. The van der Waals surface area contributed by atoms with Crippen LogP contribution in [0.2, 0.25) is 5.02 Å². The molecule has 0 fully saturated rings. The standard InChI is InChI=1S/C16H16ClIN2O3S/c1-11-2-5-13(6-3-11)24(22,23)20-9-8-19-16(21)12-4-7-14(17)15(18)10-12/h2-7,10,20H,8-9H2,1H3,(H,19,21). The number of benzene rings is 2. The maximum atomic E-state index is 12.1. The Kier molecular flexibility index (Phi) is 6.62. The fourth-order valence-electron chi connectivity index (χ4n) is 1.90. The number of halogens is 2. The van der Waals surface area contributed by atoms with Gasteiger partial charge in [-0.1, -0.05) is 29.3 Å². The predicted octanol–water partition coefficient (Wildman–Crippen LogP) is 2.96. The zero-order valence-corrected chi connectivity index (χ0v) is 16.6. The van der Waals surface area contributed by atoms with Crippen molar-refractivity contribution in [2.45, 2.75) is 11.8 Å². The molecule has 2 aromatic carbocycles. The summed E-state index contributed by atoms with van der Waals surface area (Å²) < 4.78 is 27.4. The lowest BCUT2D eigenvalue weighted by molar-refractivity contribution is 0.0954. The number of hydrogen-bond acceptors (Lipinski definition) is 3. The Labute approximate surface area is 160 Å². The van der Waals surface area contributed by atoms with Gasteiger partial charge in [-0.25, -0.2) is 13.1 Å². The average Bonchev–Trinajstić information content (AvgIpc) is 2.54. The fourth-order valence-corrected chi connectivity index (χ4v) is 3.57. The van der Waals surface area contributed by atoms with Gasteiger partial charge < -0.3 is 5.32 Å². The lowest BCUT2D eigenvalue weighted by atomic mass is 10.2. The molecular formula is C16H16ClIN2O3S. The summed E-state index contributed by atoms with van der Waals surface area (Å²) in [5.41, 5.74) is 1.46. The van der Waals surface area contributed by atoms with Gasteiger partial charge in [-0.15, -0.1) is 0 Å². The molecule has 1 amide bonds. The molecule has 0 aliphatic carbocycles. The highest BCUT2D eigenvalue weighted by Gasteiger charge is 2.13. The van der Waals surface area contributed by atoms with E-state index in [1.165, 1.54) is 0 Å². The van der Waals surface area contributed by atoms with Crippen molar-refractivity contribution in [1.29, 1.82) is 0 Å². The summed E-state index contributed by atoms with van der Waals surface area (Å²) in [4.78, 5) is 12.2. The van der Waals surface area contributed by atoms with Crippen molar-refractivity contribution in [1.82, 2.24) is 10.0 Å². The van der Waals surface area contributed by atoms with Crippen LogP contribution in [0, 0.1) is 10.5 Å². The van der Waals surface area contributed by atoms with E-state index >= 15 is 0 Å². The van der Waals surface area contributed by atoms with Crippen molar-refractivity contribution in [2.75, 3.05) is 13.1 Å². The highest BCUT2D eigenvalue weighted by molar-refractivity contribution is 14.1. The first-order chi connectivity index (χ1) is 11.3. The largest absolute Gasteiger partial charge is 0.351 e. The van der Waals surface area contributed by atoms with Crippen LogP contribution in [0.15, 0.2) is 47.4 Å². The minimum Gasteiger partial charge on any atom is -0.351 e. The predicted molar refractivity (Wildman–Crippen MR) is 103 cm³/mol. The number of sulfonamides is 1. The van der Waals surface area contributed by atoms with Crippen molar-refractivity contribution in [3.05, 3.63) is 62.2 Å². The minimum absolute atomic E-state index is 0.104. The molecule has 0 aromatic heterocycles. The third-order valence-electron chi connectivity index (χ3n) is 3.22. The molecule has 0 aliphatic rings. The Hall–Kier alpha value is -1.16. The Morgan fingerprint density at radius 3 is 2.42 bits per heavy atom. The van der Waals surface area contributed by atoms with Crippen LogP contribution in [0.25, 0.3) is 0 Å². The van der Waals surface area contributed by atoms with Crippen LogP contribution in [0.1, 0.15) is 15.9 Å². The third kappa shape index (κ3) is 5.17. The van der Waals surface area contributed by atoms with Gasteiger partial charge in [0, 0.05) is 22.2 Å². The molecule has 128 valence electrons. The molecule has 5 nitrogen and oxygen atoms in total. The van der Waals surface area contributed by atoms with E-state index in [9.17, 15) is 13.2 Å². The van der Waals surface area contributed by atoms with Gasteiger partial charge in [0.15, 0.2) is 0 Å². The summed E-state index contributed by atoms with van der Waals surface area (Å²) in [6.45, 7) is 2.17. The molecule has 0 aliphatic heterocycles. The van der Waals surface area contributed by atoms with Crippen molar-refractivity contribution in [3.8, 4) is 0 Å². The van der Waals surface area contributed by atoms with Gasteiger partial charge in [-0.05, 0) is 59.8 Å². The summed E-state index contributed by atoms with van der Waals surface area (Å²) in [6, 6.07) is 11.5. The van der Waals surface area contributed by atoms with Crippen molar-refractivity contribution in [2.24, 2.45) is 0 Å². The smallest absolute Gasteiger partial charge is 0.251 e. The molecule has 2 aromatic rings. The lowest BCUT2D eigenvalue weighted by Gasteiger charge is -2.09. The highest BCUT2D eigenvalue weighted by atomic mass is 127. The van der Waals surface area contributed by atoms with Crippen LogP contribution in [0.4, 0.5) is 0 Å². The van der Waals surface area contributed by atoms with Crippen LogP contribution in [-0.2, 0) is 10.0 Å². The molecule has 0 heterocycles. The van der Waals surface area contributed by atoms with E-state index < -0.39 is 10.0 Å². The summed E-state index contributed by atoms with van der Waals surface area (Å²) >= 11 is 7.96. The van der Waals surface area contributed by atoms with E-state index in [1.54, 1.807) is 42.5 Å². The van der Waals surface area contributed by atoms with Crippen LogP contribution in [-0.4, -0.2) is 27.4 Å². The molecule has 0 radical (unpaired) electrons. The topological polar surface area (TPSA) is 75.3 Å². The first kappa shape index (κ1) is 19.2. The first-order valence-electron chi connectivity index (χ1n) is 7.09. The molecule has 0 saturated carbocycles. The van der Waals surface area contributed by atoms with E-state index in [0.29, 0.717) is 10.6 Å². The summed E-state index contributed by atoms with van der Waals surface area (Å²) in [7, 11) is -3.57. The number of hydrogen-bond donors (Lipinski definition) is 2. The fraction of sp³-hybridized carbons (Fsp3) is 0.188. The Balaban J connectivity index is 1.86. The van der Waals surface area contributed by atoms with Crippen molar-refractivity contribution >= 4 is 50.1 Å². The van der Waals surface area contributed by atoms with Gasteiger partial charge in [-0.3, -0.25) is 4.79 Å². The van der Waals surface area contributed by atoms with E-state index in [0.717, 1.165) is 9.13 Å². The Morgan fingerprint density at radius 2 is 1.79 bits per heavy atom. The number of amides is 1. The molecule has 0 atom stereocenters. The summed E-state index contributed by atoms with van der Waals surface area (Å²) in [6.07, 6.45) is 0. The molecule has 0 bridgehead atoms. The van der Waals surface area contributed by atoms with Crippen molar-refractivity contribution < 1.29 is 13.2 Å². The summed E-state index contributed by atoms with van der Waals surface area (Å²) in [5.74, 6) is -0.279. The molecule has 2 rings (SSSR count). The van der Waals surface area contributed by atoms with E-state index in [1.807, 2.05) is 29.5 Å². The van der Waals surface area contributed by atoms with Gasteiger partial charge in [-0.2, -0.15) is 0 Å². The second-order valence-corrected chi connectivity index (χ2v) is 8.43. The zero-order valence-electron chi connectivity index (χ0n) is 12.8. The maximum absolute atomic E-state index is 12.1. The molecule has 8 heteroatoms.